The number of nitrogens with one attached hydrogen (secondary N) is 1. The van der Waals surface area contributed by atoms with E-state index in [0.717, 1.165) is 0 Å². The van der Waals surface area contributed by atoms with Gasteiger partial charge in [-0.1, -0.05) is 6.07 Å². The van der Waals surface area contributed by atoms with Crippen molar-refractivity contribution in [2.24, 2.45) is 0 Å². The number of hydrogen-bond acceptors (Lipinski definition) is 7. The predicted octanol–water partition coefficient (Wildman–Crippen LogP) is 2.94. The van der Waals surface area contributed by atoms with Gasteiger partial charge in [-0.05, 0) is 48.5 Å². The highest BCUT2D eigenvalue weighted by Gasteiger charge is 2.24. The molecule has 2 heterocycles. The van der Waals surface area contributed by atoms with Crippen LogP contribution < -0.4 is 19.7 Å². The Morgan fingerprint density at radius 2 is 1.80 bits per heavy atom. The van der Waals surface area contributed by atoms with Gasteiger partial charge in [-0.2, -0.15) is 5.26 Å². The molecule has 9 heteroatoms. The van der Waals surface area contributed by atoms with Gasteiger partial charge in [0.1, 0.15) is 23.4 Å². The Morgan fingerprint density at radius 1 is 1.03 bits per heavy atom. The number of pyridine rings is 1. The van der Waals surface area contributed by atoms with E-state index in [4.69, 9.17) is 9.47 Å². The zero-order valence-electron chi connectivity index (χ0n) is 19.3. The van der Waals surface area contributed by atoms with E-state index in [1.807, 2.05) is 4.90 Å². The molecule has 35 heavy (non-hydrogen) atoms. The summed E-state index contributed by atoms with van der Waals surface area (Å²) in [4.78, 5) is 33.2. The van der Waals surface area contributed by atoms with Crippen LogP contribution in [0.25, 0.3) is 0 Å². The van der Waals surface area contributed by atoms with E-state index in [1.54, 1.807) is 78.9 Å². The molecule has 1 saturated heterocycles. The Morgan fingerprint density at radius 3 is 2.51 bits per heavy atom. The third-order valence-corrected chi connectivity index (χ3v) is 5.60. The fourth-order valence-corrected chi connectivity index (χ4v) is 3.78. The molecule has 1 aliphatic rings. The SMILES string of the molecule is COc1cccc(NC(=O)COc2ccc(C(=O)N3CCN(c4ncccc4C#N)CC3)cc2)c1. The van der Waals surface area contributed by atoms with E-state index in [-0.39, 0.29) is 18.4 Å². The summed E-state index contributed by atoms with van der Waals surface area (Å²) in [5, 5.41) is 12.0. The summed E-state index contributed by atoms with van der Waals surface area (Å²) in [6.45, 7) is 2.10. The summed E-state index contributed by atoms with van der Waals surface area (Å²) in [5.74, 6) is 1.41. The van der Waals surface area contributed by atoms with Crippen molar-refractivity contribution >= 4 is 23.3 Å². The van der Waals surface area contributed by atoms with Crippen LogP contribution in [-0.4, -0.2) is 61.6 Å². The van der Waals surface area contributed by atoms with Crippen LogP contribution in [0, 0.1) is 11.3 Å². The summed E-state index contributed by atoms with van der Waals surface area (Å²) >= 11 is 0. The van der Waals surface area contributed by atoms with Crippen LogP contribution in [0.15, 0.2) is 66.9 Å². The van der Waals surface area contributed by atoms with Gasteiger partial charge in [0.2, 0.25) is 0 Å². The minimum absolute atomic E-state index is 0.0755. The zero-order valence-corrected chi connectivity index (χ0v) is 19.3. The molecule has 0 aliphatic carbocycles. The van der Waals surface area contributed by atoms with Crippen molar-refractivity contribution in [3.05, 3.63) is 78.0 Å². The second kappa shape index (κ2) is 11.0. The number of piperazine rings is 1. The largest absolute Gasteiger partial charge is 0.497 e. The Labute approximate surface area is 203 Å². The number of methoxy groups -OCH3 is 1. The Hall–Kier alpha value is -4.58. The molecule has 0 spiro atoms. The number of nitrogens with zero attached hydrogens (tertiary/aromatic N) is 4. The van der Waals surface area contributed by atoms with Gasteiger partial charge in [0.05, 0.1) is 12.7 Å². The van der Waals surface area contributed by atoms with E-state index >= 15 is 0 Å². The average molecular weight is 472 g/mol. The number of aromatic nitrogens is 1. The maximum absolute atomic E-state index is 12.9. The van der Waals surface area contributed by atoms with Gasteiger partial charge in [0.15, 0.2) is 6.61 Å². The molecule has 3 aromatic rings. The first-order valence-electron chi connectivity index (χ1n) is 11.1. The highest BCUT2D eigenvalue weighted by molar-refractivity contribution is 5.94. The van der Waals surface area contributed by atoms with Gasteiger partial charge in [0.25, 0.3) is 11.8 Å². The van der Waals surface area contributed by atoms with Gasteiger partial charge in [-0.3, -0.25) is 9.59 Å². The Bertz CT molecular complexity index is 1230. The van der Waals surface area contributed by atoms with Crippen LogP contribution in [0.1, 0.15) is 15.9 Å². The highest BCUT2D eigenvalue weighted by atomic mass is 16.5. The molecule has 0 unspecified atom stereocenters. The van der Waals surface area contributed by atoms with Crippen molar-refractivity contribution in [1.29, 1.82) is 5.26 Å². The number of rotatable bonds is 7. The first kappa shape index (κ1) is 23.6. The standard InChI is InChI=1S/C26H25N5O4/c1-34-23-6-2-5-21(16-23)29-24(32)18-35-22-9-7-19(8-10-22)26(33)31-14-12-30(13-15-31)25-20(17-27)4-3-11-28-25/h2-11,16H,12-15,18H2,1H3,(H,29,32). The number of carbonyl (C=O) groups is 2. The topological polar surface area (TPSA) is 108 Å². The quantitative estimate of drug-likeness (QED) is 0.564. The molecular weight excluding hydrogens is 446 g/mol. The van der Waals surface area contributed by atoms with Crippen molar-refractivity contribution in [2.75, 3.05) is 50.1 Å². The normalized spacial score (nSPS) is 13.0. The maximum atomic E-state index is 12.9. The van der Waals surface area contributed by atoms with E-state index in [0.29, 0.717) is 60.3 Å². The first-order valence-corrected chi connectivity index (χ1v) is 11.1. The summed E-state index contributed by atoms with van der Waals surface area (Å²) in [5.41, 5.74) is 1.69. The van der Waals surface area contributed by atoms with Gasteiger partial charge in [-0.15, -0.1) is 0 Å². The number of carbonyl (C=O) groups excluding carboxylic acids is 2. The lowest BCUT2D eigenvalue weighted by Gasteiger charge is -2.35. The molecule has 1 aromatic heterocycles. The van der Waals surface area contributed by atoms with Gasteiger partial charge in [-0.25, -0.2) is 4.98 Å². The summed E-state index contributed by atoms with van der Waals surface area (Å²) < 4.78 is 10.7. The second-order valence-corrected chi connectivity index (χ2v) is 7.86. The number of nitriles is 1. The molecular formula is C26H25N5O4. The van der Waals surface area contributed by atoms with Crippen molar-refractivity contribution in [3.63, 3.8) is 0 Å². The number of amides is 2. The number of hydrogen-bond donors (Lipinski definition) is 1. The lowest BCUT2D eigenvalue weighted by molar-refractivity contribution is -0.118. The van der Waals surface area contributed by atoms with Gasteiger partial charge in [0, 0.05) is 49.7 Å². The molecule has 1 N–H and O–H groups in total. The minimum atomic E-state index is -0.302. The fourth-order valence-electron chi connectivity index (χ4n) is 3.78. The molecule has 2 aromatic carbocycles. The summed E-state index contributed by atoms with van der Waals surface area (Å²) in [6, 6.07) is 19.4. The monoisotopic (exact) mass is 471 g/mol. The molecule has 1 aliphatic heterocycles. The zero-order chi connectivity index (χ0) is 24.6. The van der Waals surface area contributed by atoms with Crippen molar-refractivity contribution in [3.8, 4) is 17.6 Å². The molecule has 9 nitrogen and oxygen atoms in total. The van der Waals surface area contributed by atoms with E-state index in [1.165, 1.54) is 0 Å². The number of benzene rings is 2. The smallest absolute Gasteiger partial charge is 0.262 e. The second-order valence-electron chi connectivity index (χ2n) is 7.86. The van der Waals surface area contributed by atoms with Crippen LogP contribution in [0.2, 0.25) is 0 Å². The van der Waals surface area contributed by atoms with Crippen LogP contribution in [0.5, 0.6) is 11.5 Å². The van der Waals surface area contributed by atoms with Crippen LogP contribution in [-0.2, 0) is 4.79 Å². The first-order chi connectivity index (χ1) is 17.1. The number of ether oxygens (including phenoxy) is 2. The molecule has 1 fully saturated rings. The summed E-state index contributed by atoms with van der Waals surface area (Å²) in [6.07, 6.45) is 1.67. The fraction of sp³-hybridized carbons (Fsp3) is 0.231. The van der Waals surface area contributed by atoms with Gasteiger partial charge < -0.3 is 24.6 Å². The van der Waals surface area contributed by atoms with Crippen molar-refractivity contribution < 1.29 is 19.1 Å². The molecule has 4 rings (SSSR count). The van der Waals surface area contributed by atoms with Crippen LogP contribution >= 0.6 is 0 Å². The van der Waals surface area contributed by atoms with Crippen LogP contribution in [0.4, 0.5) is 11.5 Å². The van der Waals surface area contributed by atoms with Gasteiger partial charge >= 0.3 is 0 Å². The molecule has 0 atom stereocenters. The summed E-state index contributed by atoms with van der Waals surface area (Å²) in [7, 11) is 1.56. The lowest BCUT2D eigenvalue weighted by atomic mass is 10.1. The maximum Gasteiger partial charge on any atom is 0.262 e. The number of anilines is 2. The minimum Gasteiger partial charge on any atom is -0.497 e. The lowest BCUT2D eigenvalue weighted by Crippen LogP contribution is -2.49. The van der Waals surface area contributed by atoms with E-state index in [2.05, 4.69) is 16.4 Å². The Kier molecular flexibility index (Phi) is 7.43. The molecule has 0 radical (unpaired) electrons. The third kappa shape index (κ3) is 5.86. The van der Waals surface area contributed by atoms with E-state index < -0.39 is 0 Å². The molecule has 0 saturated carbocycles. The predicted molar refractivity (Wildman–Crippen MR) is 131 cm³/mol. The van der Waals surface area contributed by atoms with E-state index in [9.17, 15) is 14.9 Å². The van der Waals surface area contributed by atoms with Crippen LogP contribution in [0.3, 0.4) is 0 Å². The highest BCUT2D eigenvalue weighted by Crippen LogP contribution is 2.20. The molecule has 178 valence electrons. The Balaban J connectivity index is 1.27. The molecule has 2 amide bonds. The molecule has 0 bridgehead atoms. The average Bonchev–Trinajstić information content (AvgIpc) is 2.92. The van der Waals surface area contributed by atoms with Crippen molar-refractivity contribution in [1.82, 2.24) is 9.88 Å². The third-order valence-electron chi connectivity index (χ3n) is 5.60. The van der Waals surface area contributed by atoms with Crippen molar-refractivity contribution in [2.45, 2.75) is 0 Å².